The zero-order valence-electron chi connectivity index (χ0n) is 13.7. The Morgan fingerprint density at radius 2 is 1.88 bits per heavy atom. The van der Waals surface area contributed by atoms with E-state index in [1.54, 1.807) is 19.2 Å². The second-order valence-electron chi connectivity index (χ2n) is 5.24. The van der Waals surface area contributed by atoms with E-state index in [1.807, 2.05) is 12.1 Å². The van der Waals surface area contributed by atoms with Gasteiger partial charge in [-0.25, -0.2) is 9.18 Å². The van der Waals surface area contributed by atoms with E-state index in [-0.39, 0.29) is 12.1 Å². The van der Waals surface area contributed by atoms with Gasteiger partial charge in [-0.05, 0) is 42.8 Å². The average Bonchev–Trinajstić information content (AvgIpc) is 2.59. The maximum atomic E-state index is 13.7. The monoisotopic (exact) mass is 409 g/mol. The average molecular weight is 410 g/mol. The Morgan fingerprint density at radius 1 is 1.20 bits per heavy atom. The number of benzene rings is 2. The second kappa shape index (κ2) is 8.62. The highest BCUT2D eigenvalue weighted by Gasteiger charge is 2.21. The third-order valence-electron chi connectivity index (χ3n) is 3.43. The minimum atomic E-state index is -1.05. The molecule has 0 bridgehead atoms. The van der Waals surface area contributed by atoms with Crippen molar-refractivity contribution in [2.24, 2.45) is 0 Å². The van der Waals surface area contributed by atoms with Gasteiger partial charge in [0.25, 0.3) is 5.91 Å². The van der Waals surface area contributed by atoms with Crippen LogP contribution in [0.2, 0.25) is 0 Å². The molecular weight excluding hydrogens is 393 g/mol. The Kier molecular flexibility index (Phi) is 6.52. The van der Waals surface area contributed by atoms with Crippen LogP contribution in [0.25, 0.3) is 0 Å². The molecule has 2 aromatic carbocycles. The van der Waals surface area contributed by atoms with Crippen LogP contribution in [0.5, 0.6) is 5.75 Å². The van der Waals surface area contributed by atoms with E-state index >= 15 is 0 Å². The topological polar surface area (TPSA) is 64.6 Å². The van der Waals surface area contributed by atoms with Gasteiger partial charge in [0.05, 0.1) is 12.7 Å². The van der Waals surface area contributed by atoms with Crippen LogP contribution in [-0.4, -0.2) is 25.1 Å². The summed E-state index contributed by atoms with van der Waals surface area (Å²) >= 11 is 3.11. The third kappa shape index (κ3) is 5.29. The molecule has 0 unspecified atom stereocenters. The molecule has 1 N–H and O–H groups in total. The SMILES string of the molecule is COc1ccc(CNC(=O)[C@@H](C)OC(=O)c2ccc(Br)cc2F)cc1. The number of nitrogens with one attached hydrogen (secondary N) is 1. The number of hydrogen-bond acceptors (Lipinski definition) is 4. The number of amides is 1. The second-order valence-corrected chi connectivity index (χ2v) is 6.15. The number of rotatable bonds is 6. The number of esters is 1. The predicted molar refractivity (Wildman–Crippen MR) is 93.8 cm³/mol. The molecule has 0 aromatic heterocycles. The first-order valence-electron chi connectivity index (χ1n) is 7.47. The first-order valence-corrected chi connectivity index (χ1v) is 8.26. The molecule has 2 rings (SSSR count). The van der Waals surface area contributed by atoms with Crippen molar-refractivity contribution in [1.29, 1.82) is 0 Å². The van der Waals surface area contributed by atoms with E-state index in [4.69, 9.17) is 9.47 Å². The lowest BCUT2D eigenvalue weighted by molar-refractivity contribution is -0.129. The van der Waals surface area contributed by atoms with Crippen LogP contribution in [0, 0.1) is 5.82 Å². The minimum absolute atomic E-state index is 0.224. The lowest BCUT2D eigenvalue weighted by Gasteiger charge is -2.14. The fraction of sp³-hybridized carbons (Fsp3) is 0.222. The van der Waals surface area contributed by atoms with E-state index in [1.165, 1.54) is 19.1 Å². The van der Waals surface area contributed by atoms with Crippen molar-refractivity contribution in [2.75, 3.05) is 7.11 Å². The first kappa shape index (κ1) is 18.9. The van der Waals surface area contributed by atoms with Gasteiger partial charge in [-0.1, -0.05) is 28.1 Å². The van der Waals surface area contributed by atoms with Crippen molar-refractivity contribution >= 4 is 27.8 Å². The lowest BCUT2D eigenvalue weighted by atomic mass is 10.2. The lowest BCUT2D eigenvalue weighted by Crippen LogP contribution is -2.35. The fourth-order valence-corrected chi connectivity index (χ4v) is 2.34. The molecule has 0 heterocycles. The highest BCUT2D eigenvalue weighted by molar-refractivity contribution is 9.10. The van der Waals surface area contributed by atoms with Gasteiger partial charge in [-0.2, -0.15) is 0 Å². The summed E-state index contributed by atoms with van der Waals surface area (Å²) in [5.74, 6) is -1.36. The standard InChI is InChI=1S/C18H17BrFNO4/c1-11(25-18(23)15-8-5-13(19)9-16(15)20)17(22)21-10-12-3-6-14(24-2)7-4-12/h3-9,11H,10H2,1-2H3,(H,21,22)/t11-/m1/s1. The van der Waals surface area contributed by atoms with Gasteiger partial charge in [0, 0.05) is 11.0 Å². The van der Waals surface area contributed by atoms with Gasteiger partial charge in [-0.15, -0.1) is 0 Å². The number of ether oxygens (including phenoxy) is 2. The molecule has 1 atom stereocenters. The smallest absolute Gasteiger partial charge is 0.341 e. The molecule has 25 heavy (non-hydrogen) atoms. The molecule has 0 aliphatic heterocycles. The van der Waals surface area contributed by atoms with Crippen LogP contribution < -0.4 is 10.1 Å². The normalized spacial score (nSPS) is 11.5. The molecule has 7 heteroatoms. The van der Waals surface area contributed by atoms with Gasteiger partial charge in [0.2, 0.25) is 0 Å². The first-order chi connectivity index (χ1) is 11.9. The summed E-state index contributed by atoms with van der Waals surface area (Å²) in [7, 11) is 1.57. The Bertz CT molecular complexity index is 764. The molecule has 1 amide bonds. The van der Waals surface area contributed by atoms with Crippen LogP contribution in [0.1, 0.15) is 22.8 Å². The van der Waals surface area contributed by atoms with Crippen molar-refractivity contribution in [2.45, 2.75) is 19.6 Å². The van der Waals surface area contributed by atoms with Crippen LogP contribution in [0.3, 0.4) is 0 Å². The summed E-state index contributed by atoms with van der Waals surface area (Å²) in [6.07, 6.45) is -1.05. The molecule has 0 saturated heterocycles. The van der Waals surface area contributed by atoms with Gasteiger partial charge < -0.3 is 14.8 Å². The fourth-order valence-electron chi connectivity index (χ4n) is 2.01. The van der Waals surface area contributed by atoms with E-state index in [0.29, 0.717) is 10.2 Å². The van der Waals surface area contributed by atoms with Crippen LogP contribution in [-0.2, 0) is 16.1 Å². The highest BCUT2D eigenvalue weighted by Crippen LogP contribution is 2.16. The van der Waals surface area contributed by atoms with Crippen molar-refractivity contribution in [3.05, 3.63) is 63.9 Å². The Hall–Kier alpha value is -2.41. The van der Waals surface area contributed by atoms with Crippen LogP contribution in [0.15, 0.2) is 46.9 Å². The number of methoxy groups -OCH3 is 1. The number of carbonyl (C=O) groups excluding carboxylic acids is 2. The van der Waals surface area contributed by atoms with E-state index in [0.717, 1.165) is 11.6 Å². The van der Waals surface area contributed by atoms with Gasteiger partial charge >= 0.3 is 5.97 Å². The third-order valence-corrected chi connectivity index (χ3v) is 3.92. The molecule has 2 aromatic rings. The Balaban J connectivity index is 1.89. The minimum Gasteiger partial charge on any atom is -0.497 e. The molecular formula is C18H17BrFNO4. The zero-order valence-corrected chi connectivity index (χ0v) is 15.3. The summed E-state index contributed by atoms with van der Waals surface area (Å²) < 4.78 is 24.3. The van der Waals surface area contributed by atoms with Crippen LogP contribution >= 0.6 is 15.9 Å². The van der Waals surface area contributed by atoms with E-state index < -0.39 is 23.8 Å². The van der Waals surface area contributed by atoms with Gasteiger partial charge in [0.15, 0.2) is 6.10 Å². The van der Waals surface area contributed by atoms with Gasteiger partial charge in [0.1, 0.15) is 11.6 Å². The maximum absolute atomic E-state index is 13.7. The molecule has 0 aliphatic carbocycles. The molecule has 0 saturated carbocycles. The van der Waals surface area contributed by atoms with Crippen LogP contribution in [0.4, 0.5) is 4.39 Å². The summed E-state index contributed by atoms with van der Waals surface area (Å²) in [6.45, 7) is 1.70. The summed E-state index contributed by atoms with van der Waals surface area (Å²) in [5, 5.41) is 2.66. The molecule has 132 valence electrons. The van der Waals surface area contributed by atoms with E-state index in [9.17, 15) is 14.0 Å². The van der Waals surface area contributed by atoms with Crippen molar-refractivity contribution in [3.63, 3.8) is 0 Å². The van der Waals surface area contributed by atoms with Gasteiger partial charge in [-0.3, -0.25) is 4.79 Å². The summed E-state index contributed by atoms with van der Waals surface area (Å²) in [5.41, 5.74) is 0.643. The molecule has 0 aliphatic rings. The number of halogens is 2. The zero-order chi connectivity index (χ0) is 18.4. The maximum Gasteiger partial charge on any atom is 0.341 e. The van der Waals surface area contributed by atoms with Crippen molar-refractivity contribution < 1.29 is 23.5 Å². The predicted octanol–water partition coefficient (Wildman–Crippen LogP) is 3.46. The largest absolute Gasteiger partial charge is 0.497 e. The Labute approximate surface area is 153 Å². The molecule has 0 spiro atoms. The number of hydrogen-bond donors (Lipinski definition) is 1. The Morgan fingerprint density at radius 3 is 2.48 bits per heavy atom. The molecule has 5 nitrogen and oxygen atoms in total. The summed E-state index contributed by atoms with van der Waals surface area (Å²) in [6, 6.07) is 11.2. The molecule has 0 radical (unpaired) electrons. The highest BCUT2D eigenvalue weighted by atomic mass is 79.9. The van der Waals surface area contributed by atoms with Crippen molar-refractivity contribution in [1.82, 2.24) is 5.32 Å². The molecule has 0 fully saturated rings. The van der Waals surface area contributed by atoms with E-state index in [2.05, 4.69) is 21.2 Å². The number of carbonyl (C=O) groups is 2. The van der Waals surface area contributed by atoms with Crippen molar-refractivity contribution in [3.8, 4) is 5.75 Å². The summed E-state index contributed by atoms with van der Waals surface area (Å²) in [4.78, 5) is 24.0. The quantitative estimate of drug-likeness (QED) is 0.741.